The maximum absolute atomic E-state index is 6.33. The smallest absolute Gasteiger partial charge is 0.148 e. The van der Waals surface area contributed by atoms with Crippen molar-refractivity contribution in [3.8, 4) is 32.4 Å². The number of H-pyrrole nitrogens is 1. The fourth-order valence-electron chi connectivity index (χ4n) is 2.75. The number of nitrogens with zero attached hydrogens (tertiary/aromatic N) is 1. The van der Waals surface area contributed by atoms with Crippen LogP contribution in [-0.2, 0) is 0 Å². The normalized spacial score (nSPS) is 11.0. The molecule has 0 aliphatic heterocycles. The summed E-state index contributed by atoms with van der Waals surface area (Å²) in [6.07, 6.45) is 0. The van der Waals surface area contributed by atoms with E-state index < -0.39 is 0 Å². The molecular weight excluding hydrogens is 371 g/mol. The van der Waals surface area contributed by atoms with Crippen LogP contribution < -0.4 is 0 Å². The van der Waals surface area contributed by atoms with Crippen molar-refractivity contribution in [2.24, 2.45) is 0 Å². The van der Waals surface area contributed by atoms with Crippen LogP contribution in [0.4, 0.5) is 0 Å². The van der Waals surface area contributed by atoms with Crippen LogP contribution in [0.1, 0.15) is 5.69 Å². The summed E-state index contributed by atoms with van der Waals surface area (Å²) in [6.45, 7) is 2.05. The van der Waals surface area contributed by atoms with Gasteiger partial charge in [-0.2, -0.15) is 0 Å². The van der Waals surface area contributed by atoms with Crippen LogP contribution in [-0.4, -0.2) is 9.97 Å². The predicted molar refractivity (Wildman–Crippen MR) is 108 cm³/mol. The fraction of sp³-hybridized carbons (Fsp3) is 0.0500. The molecule has 0 unspecified atom stereocenters. The third-order valence-electron chi connectivity index (χ3n) is 3.97. The lowest BCUT2D eigenvalue weighted by Crippen LogP contribution is -1.79. The number of nitrogens with one attached hydrogen (secondary N) is 1. The SMILES string of the molecule is Cc1[nH]c(-c2ccc(-c3ccc(Cl)cc3Cl)s2)nc1-c1ccccc1. The highest BCUT2D eigenvalue weighted by Crippen LogP contribution is 2.38. The molecule has 0 radical (unpaired) electrons. The Bertz CT molecular complexity index is 1040. The van der Waals surface area contributed by atoms with Gasteiger partial charge in [-0.25, -0.2) is 4.98 Å². The Labute approximate surface area is 160 Å². The molecule has 0 spiro atoms. The molecule has 0 saturated carbocycles. The predicted octanol–water partition coefficient (Wildman–Crippen LogP) is 7.09. The van der Waals surface area contributed by atoms with E-state index in [0.717, 1.165) is 38.1 Å². The van der Waals surface area contributed by atoms with Gasteiger partial charge in [-0.1, -0.05) is 59.6 Å². The standard InChI is InChI=1S/C20H14Cl2N2S/c1-12-19(13-5-3-2-4-6-13)24-20(23-12)18-10-9-17(25-18)15-8-7-14(21)11-16(15)22/h2-11H,1H3,(H,23,24). The van der Waals surface area contributed by atoms with Crippen LogP contribution in [0.2, 0.25) is 10.0 Å². The van der Waals surface area contributed by atoms with Gasteiger partial charge in [0.1, 0.15) is 5.82 Å². The summed E-state index contributed by atoms with van der Waals surface area (Å²) in [6, 6.07) is 19.9. The zero-order valence-corrected chi connectivity index (χ0v) is 15.7. The molecule has 0 aliphatic rings. The molecule has 2 aromatic heterocycles. The molecule has 0 aliphatic carbocycles. The van der Waals surface area contributed by atoms with Crippen LogP contribution >= 0.6 is 34.5 Å². The minimum absolute atomic E-state index is 0.639. The Morgan fingerprint density at radius 3 is 2.44 bits per heavy atom. The molecule has 0 amide bonds. The molecule has 0 bridgehead atoms. The number of imidazole rings is 1. The van der Waals surface area contributed by atoms with Crippen molar-refractivity contribution >= 4 is 34.5 Å². The van der Waals surface area contributed by atoms with Gasteiger partial charge in [0.15, 0.2) is 0 Å². The van der Waals surface area contributed by atoms with E-state index >= 15 is 0 Å². The van der Waals surface area contributed by atoms with Gasteiger partial charge in [-0.15, -0.1) is 11.3 Å². The number of aryl methyl sites for hydroxylation is 1. The van der Waals surface area contributed by atoms with Crippen molar-refractivity contribution in [2.75, 3.05) is 0 Å². The summed E-state index contributed by atoms with van der Waals surface area (Å²) in [7, 11) is 0. The number of aromatic nitrogens is 2. The lowest BCUT2D eigenvalue weighted by molar-refractivity contribution is 1.26. The molecule has 5 heteroatoms. The van der Waals surface area contributed by atoms with Gasteiger partial charge in [-0.05, 0) is 31.2 Å². The highest BCUT2D eigenvalue weighted by molar-refractivity contribution is 7.18. The van der Waals surface area contributed by atoms with E-state index in [2.05, 4.69) is 29.2 Å². The van der Waals surface area contributed by atoms with Crippen LogP contribution in [0.3, 0.4) is 0 Å². The molecule has 2 aromatic carbocycles. The molecule has 4 aromatic rings. The number of hydrogen-bond donors (Lipinski definition) is 1. The quantitative estimate of drug-likeness (QED) is 0.401. The summed E-state index contributed by atoms with van der Waals surface area (Å²) in [5.74, 6) is 0.873. The van der Waals surface area contributed by atoms with Crippen LogP contribution in [0.15, 0.2) is 60.7 Å². The van der Waals surface area contributed by atoms with Crippen molar-refractivity contribution in [2.45, 2.75) is 6.92 Å². The van der Waals surface area contributed by atoms with Gasteiger partial charge in [0.05, 0.1) is 15.6 Å². The maximum atomic E-state index is 6.33. The summed E-state index contributed by atoms with van der Waals surface area (Å²) >= 11 is 14.0. The first-order chi connectivity index (χ1) is 12.1. The number of halogens is 2. The molecule has 4 rings (SSSR count). The zero-order chi connectivity index (χ0) is 17.4. The number of rotatable bonds is 3. The van der Waals surface area contributed by atoms with Crippen molar-refractivity contribution in [1.82, 2.24) is 9.97 Å². The van der Waals surface area contributed by atoms with Crippen molar-refractivity contribution < 1.29 is 0 Å². The molecular formula is C20H14Cl2N2S. The Hall–Kier alpha value is -2.07. The van der Waals surface area contributed by atoms with Gasteiger partial charge >= 0.3 is 0 Å². The van der Waals surface area contributed by atoms with Crippen molar-refractivity contribution in [1.29, 1.82) is 0 Å². The number of hydrogen-bond acceptors (Lipinski definition) is 2. The van der Waals surface area contributed by atoms with E-state index in [4.69, 9.17) is 28.2 Å². The molecule has 0 atom stereocenters. The number of thiophene rings is 1. The number of benzene rings is 2. The molecule has 124 valence electrons. The molecule has 0 fully saturated rings. The minimum Gasteiger partial charge on any atom is -0.341 e. The van der Waals surface area contributed by atoms with E-state index in [0.29, 0.717) is 10.0 Å². The average molecular weight is 385 g/mol. The van der Waals surface area contributed by atoms with Crippen LogP contribution in [0.25, 0.3) is 32.4 Å². The van der Waals surface area contributed by atoms with Crippen molar-refractivity contribution in [3.05, 3.63) is 76.4 Å². The summed E-state index contributed by atoms with van der Waals surface area (Å²) in [4.78, 5) is 10.4. The molecule has 2 nitrogen and oxygen atoms in total. The minimum atomic E-state index is 0.639. The lowest BCUT2D eigenvalue weighted by atomic mass is 10.1. The second-order valence-corrected chi connectivity index (χ2v) is 7.64. The van der Waals surface area contributed by atoms with E-state index in [-0.39, 0.29) is 0 Å². The van der Waals surface area contributed by atoms with Gasteiger partial charge in [0.2, 0.25) is 0 Å². The Morgan fingerprint density at radius 2 is 1.68 bits per heavy atom. The lowest BCUT2D eigenvalue weighted by Gasteiger charge is -2.01. The second kappa shape index (κ2) is 6.68. The third kappa shape index (κ3) is 3.23. The van der Waals surface area contributed by atoms with E-state index in [1.54, 1.807) is 17.4 Å². The summed E-state index contributed by atoms with van der Waals surface area (Å²) in [5.41, 5.74) is 4.13. The summed E-state index contributed by atoms with van der Waals surface area (Å²) < 4.78 is 0. The van der Waals surface area contributed by atoms with Gasteiger partial charge in [0.25, 0.3) is 0 Å². The second-order valence-electron chi connectivity index (χ2n) is 5.71. The van der Waals surface area contributed by atoms with Gasteiger partial charge in [0, 0.05) is 26.7 Å². The average Bonchev–Trinajstić information content (AvgIpc) is 3.22. The molecule has 25 heavy (non-hydrogen) atoms. The largest absolute Gasteiger partial charge is 0.341 e. The first-order valence-electron chi connectivity index (χ1n) is 7.79. The molecule has 1 N–H and O–H groups in total. The van der Waals surface area contributed by atoms with Crippen LogP contribution in [0.5, 0.6) is 0 Å². The maximum Gasteiger partial charge on any atom is 0.148 e. The molecule has 2 heterocycles. The first kappa shape index (κ1) is 16.4. The molecule has 0 saturated heterocycles. The Morgan fingerprint density at radius 1 is 0.920 bits per heavy atom. The van der Waals surface area contributed by atoms with E-state index in [1.165, 1.54) is 0 Å². The zero-order valence-electron chi connectivity index (χ0n) is 13.4. The van der Waals surface area contributed by atoms with E-state index in [1.807, 2.05) is 37.3 Å². The highest BCUT2D eigenvalue weighted by Gasteiger charge is 2.13. The van der Waals surface area contributed by atoms with Crippen molar-refractivity contribution in [3.63, 3.8) is 0 Å². The van der Waals surface area contributed by atoms with Crippen LogP contribution in [0, 0.1) is 6.92 Å². The monoisotopic (exact) mass is 384 g/mol. The van der Waals surface area contributed by atoms with Gasteiger partial charge in [-0.3, -0.25) is 0 Å². The Kier molecular flexibility index (Phi) is 4.38. The topological polar surface area (TPSA) is 28.7 Å². The highest BCUT2D eigenvalue weighted by atomic mass is 35.5. The first-order valence-corrected chi connectivity index (χ1v) is 9.37. The third-order valence-corrected chi connectivity index (χ3v) is 5.64. The van der Waals surface area contributed by atoms with E-state index in [9.17, 15) is 0 Å². The number of aromatic amines is 1. The Balaban J connectivity index is 1.71. The fourth-order valence-corrected chi connectivity index (χ4v) is 4.31. The van der Waals surface area contributed by atoms with Gasteiger partial charge < -0.3 is 4.98 Å². The summed E-state index contributed by atoms with van der Waals surface area (Å²) in [5, 5.41) is 1.29.